The first kappa shape index (κ1) is 21.0. The Hall–Kier alpha value is -3.75. The lowest BCUT2D eigenvalue weighted by atomic mass is 10.0. The summed E-state index contributed by atoms with van der Waals surface area (Å²) in [4.78, 5) is 29.4. The quantitative estimate of drug-likeness (QED) is 0.751. The first-order valence-electron chi connectivity index (χ1n) is 9.12. The molecule has 0 radical (unpaired) electrons. The van der Waals surface area contributed by atoms with Gasteiger partial charge in [-0.3, -0.25) is 20.2 Å². The minimum absolute atomic E-state index is 0.0748. The van der Waals surface area contributed by atoms with Crippen LogP contribution < -0.4 is 29.6 Å². The smallest absolute Gasteiger partial charge is 0.258 e. The molecule has 9 nitrogen and oxygen atoms in total. The molecule has 1 heterocycles. The van der Waals surface area contributed by atoms with E-state index < -0.39 is 11.9 Å². The van der Waals surface area contributed by atoms with Crippen molar-refractivity contribution in [1.29, 1.82) is 0 Å². The molecule has 0 saturated carbocycles. The zero-order chi connectivity index (χ0) is 21.7. The number of hydrogen-bond acceptors (Lipinski definition) is 7. The number of carbonyl (C=O) groups excluding carboxylic acids is 2. The Morgan fingerprint density at radius 3 is 2.17 bits per heavy atom. The Balaban J connectivity index is 1.84. The van der Waals surface area contributed by atoms with Crippen molar-refractivity contribution in [3.8, 4) is 23.0 Å². The molecule has 2 aromatic rings. The Morgan fingerprint density at radius 2 is 1.63 bits per heavy atom. The zero-order valence-corrected chi connectivity index (χ0v) is 17.1. The van der Waals surface area contributed by atoms with E-state index in [-0.39, 0.29) is 23.9 Å². The highest BCUT2D eigenvalue weighted by atomic mass is 16.5. The Morgan fingerprint density at radius 1 is 1.00 bits per heavy atom. The SMILES string of the molecule is COc1ccc([C@H]2CC(=O)NC(NC(=O)c3cc(OC)c(OC)c(OC)c3)=N2)cc1. The van der Waals surface area contributed by atoms with Crippen LogP contribution in [-0.2, 0) is 4.79 Å². The number of carbonyl (C=O) groups is 2. The Labute approximate surface area is 174 Å². The lowest BCUT2D eigenvalue weighted by molar-refractivity contribution is -0.120. The van der Waals surface area contributed by atoms with Gasteiger partial charge in [0, 0.05) is 5.56 Å². The molecule has 0 spiro atoms. The van der Waals surface area contributed by atoms with Crippen LogP contribution in [0.3, 0.4) is 0 Å². The summed E-state index contributed by atoms with van der Waals surface area (Å²) in [5.74, 6) is 1.11. The number of hydrogen-bond donors (Lipinski definition) is 2. The molecule has 2 aromatic carbocycles. The van der Waals surface area contributed by atoms with Gasteiger partial charge >= 0.3 is 0 Å². The highest BCUT2D eigenvalue weighted by Gasteiger charge is 2.25. The van der Waals surface area contributed by atoms with E-state index in [1.807, 2.05) is 12.1 Å². The van der Waals surface area contributed by atoms with Crippen molar-refractivity contribution in [2.24, 2.45) is 4.99 Å². The van der Waals surface area contributed by atoms with E-state index in [4.69, 9.17) is 18.9 Å². The van der Waals surface area contributed by atoms with Crippen molar-refractivity contribution < 1.29 is 28.5 Å². The summed E-state index contributed by atoms with van der Waals surface area (Å²) in [6.45, 7) is 0. The summed E-state index contributed by atoms with van der Waals surface area (Å²) in [6.07, 6.45) is 0.176. The fraction of sp³-hybridized carbons (Fsp3) is 0.286. The second-order valence-corrected chi connectivity index (χ2v) is 6.39. The lowest BCUT2D eigenvalue weighted by Gasteiger charge is -2.22. The molecule has 30 heavy (non-hydrogen) atoms. The van der Waals surface area contributed by atoms with Crippen molar-refractivity contribution in [3.05, 3.63) is 47.5 Å². The Kier molecular flexibility index (Phi) is 6.41. The average molecular weight is 413 g/mol. The van der Waals surface area contributed by atoms with Gasteiger partial charge < -0.3 is 18.9 Å². The maximum Gasteiger partial charge on any atom is 0.258 e. The van der Waals surface area contributed by atoms with Crippen molar-refractivity contribution in [2.45, 2.75) is 12.5 Å². The van der Waals surface area contributed by atoms with Crippen molar-refractivity contribution in [3.63, 3.8) is 0 Å². The zero-order valence-electron chi connectivity index (χ0n) is 17.1. The van der Waals surface area contributed by atoms with E-state index in [2.05, 4.69) is 15.6 Å². The van der Waals surface area contributed by atoms with Gasteiger partial charge in [-0.15, -0.1) is 0 Å². The number of nitrogens with one attached hydrogen (secondary N) is 2. The van der Waals surface area contributed by atoms with E-state index in [9.17, 15) is 9.59 Å². The van der Waals surface area contributed by atoms with Crippen LogP contribution in [0.15, 0.2) is 41.4 Å². The van der Waals surface area contributed by atoms with E-state index in [1.165, 1.54) is 33.5 Å². The number of amides is 2. The Bertz CT molecular complexity index is 946. The minimum Gasteiger partial charge on any atom is -0.497 e. The van der Waals surface area contributed by atoms with Gasteiger partial charge in [-0.1, -0.05) is 12.1 Å². The van der Waals surface area contributed by atoms with Gasteiger partial charge in [-0.05, 0) is 29.8 Å². The molecule has 0 aliphatic carbocycles. The van der Waals surface area contributed by atoms with Gasteiger partial charge in [0.05, 0.1) is 40.9 Å². The number of guanidine groups is 1. The molecule has 2 amide bonds. The summed E-state index contributed by atoms with van der Waals surface area (Å²) < 4.78 is 21.0. The first-order valence-corrected chi connectivity index (χ1v) is 9.12. The van der Waals surface area contributed by atoms with Gasteiger partial charge in [0.2, 0.25) is 17.6 Å². The standard InChI is InChI=1S/C21H23N3O6/c1-27-14-7-5-12(6-8-14)15-11-18(25)23-21(22-15)24-20(26)13-9-16(28-2)19(30-4)17(10-13)29-3/h5-10,15H,11H2,1-4H3,(H2,22,23,24,25,26)/t15-/m1/s1. The van der Waals surface area contributed by atoms with Crippen LogP contribution in [0.5, 0.6) is 23.0 Å². The summed E-state index contributed by atoms with van der Waals surface area (Å²) in [7, 11) is 5.98. The largest absolute Gasteiger partial charge is 0.497 e. The molecule has 0 saturated heterocycles. The van der Waals surface area contributed by atoms with Crippen LogP contribution in [-0.4, -0.2) is 46.2 Å². The van der Waals surface area contributed by atoms with Crippen LogP contribution in [0.1, 0.15) is 28.4 Å². The van der Waals surface area contributed by atoms with Crippen LogP contribution >= 0.6 is 0 Å². The number of rotatable bonds is 6. The number of benzene rings is 2. The molecular weight excluding hydrogens is 390 g/mol. The minimum atomic E-state index is -0.483. The normalized spacial score (nSPS) is 15.5. The van der Waals surface area contributed by atoms with Gasteiger partial charge in [0.25, 0.3) is 5.91 Å². The van der Waals surface area contributed by atoms with Crippen molar-refractivity contribution in [2.75, 3.05) is 28.4 Å². The van der Waals surface area contributed by atoms with Crippen molar-refractivity contribution in [1.82, 2.24) is 10.6 Å². The lowest BCUT2D eigenvalue weighted by Crippen LogP contribution is -2.47. The molecule has 1 aliphatic rings. The third-order valence-electron chi connectivity index (χ3n) is 4.58. The molecule has 158 valence electrons. The third-order valence-corrected chi connectivity index (χ3v) is 4.58. The van der Waals surface area contributed by atoms with E-state index in [0.717, 1.165) is 5.56 Å². The van der Waals surface area contributed by atoms with E-state index >= 15 is 0 Å². The third kappa shape index (κ3) is 4.45. The highest BCUT2D eigenvalue weighted by Crippen LogP contribution is 2.38. The highest BCUT2D eigenvalue weighted by molar-refractivity contribution is 6.11. The van der Waals surface area contributed by atoms with Crippen LogP contribution in [0.25, 0.3) is 0 Å². The predicted molar refractivity (Wildman–Crippen MR) is 109 cm³/mol. The monoisotopic (exact) mass is 413 g/mol. The molecule has 1 aliphatic heterocycles. The molecule has 0 bridgehead atoms. The van der Waals surface area contributed by atoms with Crippen LogP contribution in [0.4, 0.5) is 0 Å². The number of aliphatic imine (C=N–C) groups is 1. The molecule has 9 heteroatoms. The average Bonchev–Trinajstić information content (AvgIpc) is 2.77. The molecule has 0 fully saturated rings. The fourth-order valence-corrected chi connectivity index (χ4v) is 3.07. The maximum absolute atomic E-state index is 12.8. The molecular formula is C21H23N3O6. The van der Waals surface area contributed by atoms with Gasteiger partial charge in [-0.2, -0.15) is 0 Å². The summed E-state index contributed by atoms with van der Waals surface area (Å²) in [5.41, 5.74) is 1.10. The number of nitrogens with zero attached hydrogens (tertiary/aromatic N) is 1. The van der Waals surface area contributed by atoms with E-state index in [0.29, 0.717) is 23.0 Å². The summed E-state index contributed by atoms with van der Waals surface area (Å²) in [6, 6.07) is 9.89. The number of ether oxygens (including phenoxy) is 4. The molecule has 3 rings (SSSR count). The molecule has 1 atom stereocenters. The van der Waals surface area contributed by atoms with Crippen molar-refractivity contribution >= 4 is 17.8 Å². The first-order chi connectivity index (χ1) is 14.5. The van der Waals surface area contributed by atoms with Gasteiger partial charge in [-0.25, -0.2) is 4.99 Å². The second-order valence-electron chi connectivity index (χ2n) is 6.39. The topological polar surface area (TPSA) is 107 Å². The molecule has 0 unspecified atom stereocenters. The van der Waals surface area contributed by atoms with Crippen LogP contribution in [0.2, 0.25) is 0 Å². The predicted octanol–water partition coefficient (Wildman–Crippen LogP) is 2.07. The van der Waals surface area contributed by atoms with E-state index in [1.54, 1.807) is 19.2 Å². The molecule has 0 aromatic heterocycles. The summed E-state index contributed by atoms with van der Waals surface area (Å²) >= 11 is 0. The second kappa shape index (κ2) is 9.17. The fourth-order valence-electron chi connectivity index (χ4n) is 3.07. The number of methoxy groups -OCH3 is 4. The van der Waals surface area contributed by atoms with Gasteiger partial charge in [0.1, 0.15) is 5.75 Å². The summed E-state index contributed by atoms with van der Waals surface area (Å²) in [5, 5.41) is 5.22. The van der Waals surface area contributed by atoms with Gasteiger partial charge in [0.15, 0.2) is 11.5 Å². The molecule has 2 N–H and O–H groups in total. The maximum atomic E-state index is 12.8. The van der Waals surface area contributed by atoms with Crippen LogP contribution in [0, 0.1) is 0 Å².